The minimum Gasteiger partial charge on any atom is -0.369 e. The third-order valence-corrected chi connectivity index (χ3v) is 5.41. The van der Waals surface area contributed by atoms with Crippen LogP contribution in [0.5, 0.6) is 0 Å². The number of nitrogens with one attached hydrogen (secondary N) is 2. The Balaban J connectivity index is 1.58. The van der Waals surface area contributed by atoms with Crippen molar-refractivity contribution in [3.63, 3.8) is 0 Å². The van der Waals surface area contributed by atoms with Crippen molar-refractivity contribution in [1.82, 2.24) is 25.1 Å². The summed E-state index contributed by atoms with van der Waals surface area (Å²) >= 11 is 0. The van der Waals surface area contributed by atoms with Crippen LogP contribution in [0.3, 0.4) is 0 Å². The first-order valence-corrected chi connectivity index (χ1v) is 11.0. The minimum absolute atomic E-state index is 0.0487. The van der Waals surface area contributed by atoms with E-state index in [0.29, 0.717) is 24.2 Å². The lowest BCUT2D eigenvalue weighted by Gasteiger charge is -2.14. The van der Waals surface area contributed by atoms with Gasteiger partial charge in [0.15, 0.2) is 5.82 Å². The fourth-order valence-corrected chi connectivity index (χ4v) is 3.65. The van der Waals surface area contributed by atoms with Gasteiger partial charge >= 0.3 is 0 Å². The normalized spacial score (nSPS) is 10.9. The highest BCUT2D eigenvalue weighted by molar-refractivity contribution is 5.99. The Hall–Kier alpha value is -4.18. The first kappa shape index (κ1) is 24.0. The van der Waals surface area contributed by atoms with Crippen molar-refractivity contribution in [3.8, 4) is 11.3 Å². The molecule has 1 aromatic carbocycles. The molecule has 3 heterocycles. The summed E-state index contributed by atoms with van der Waals surface area (Å²) in [5.41, 5.74) is 8.53. The zero-order valence-corrected chi connectivity index (χ0v) is 19.1. The number of halogens is 2. The van der Waals surface area contributed by atoms with E-state index in [0.717, 1.165) is 17.2 Å². The van der Waals surface area contributed by atoms with Crippen molar-refractivity contribution >= 4 is 11.7 Å². The molecule has 0 aliphatic rings. The van der Waals surface area contributed by atoms with Crippen molar-refractivity contribution < 1.29 is 13.6 Å². The smallest absolute Gasteiger partial charge is 0.255 e. The van der Waals surface area contributed by atoms with Gasteiger partial charge in [-0.15, -0.1) is 0 Å². The number of nitrogens with zero attached hydrogens (tertiary/aromatic N) is 4. The standard InChI is InChI=1S/C25H25F2N7O/c1-34-15-18(14-32-34)23-21(27)11-20(25(35)31-13-17-5-3-8-29-22(17)12-28)24(33-23)30-9-7-16-4-2-6-19(26)10-16/h2-6,8,10-11,14-15H,7,9,12-13,28H2,1H3,(H,30,33)(H,31,35). The molecule has 4 N–H and O–H groups in total. The van der Waals surface area contributed by atoms with Gasteiger partial charge in [0.1, 0.15) is 17.3 Å². The Bertz CT molecular complexity index is 1340. The highest BCUT2D eigenvalue weighted by Crippen LogP contribution is 2.25. The van der Waals surface area contributed by atoms with Crippen LogP contribution >= 0.6 is 0 Å². The molecule has 0 aliphatic heterocycles. The number of rotatable bonds is 9. The lowest BCUT2D eigenvalue weighted by molar-refractivity contribution is 0.0951. The number of carbonyl (C=O) groups excluding carboxylic acids is 1. The van der Waals surface area contributed by atoms with E-state index in [2.05, 4.69) is 25.7 Å². The van der Waals surface area contributed by atoms with Crippen molar-refractivity contribution in [2.24, 2.45) is 12.8 Å². The number of carbonyl (C=O) groups is 1. The van der Waals surface area contributed by atoms with Crippen LogP contribution in [0.25, 0.3) is 11.3 Å². The number of pyridine rings is 2. The zero-order chi connectivity index (χ0) is 24.8. The molecule has 0 radical (unpaired) electrons. The van der Waals surface area contributed by atoms with E-state index < -0.39 is 11.7 Å². The molecular formula is C25H25F2N7O. The van der Waals surface area contributed by atoms with Crippen LogP contribution in [-0.4, -0.2) is 32.2 Å². The lowest BCUT2D eigenvalue weighted by atomic mass is 10.1. The molecule has 4 aromatic rings. The third-order valence-electron chi connectivity index (χ3n) is 5.41. The second-order valence-electron chi connectivity index (χ2n) is 7.92. The molecule has 8 nitrogen and oxygen atoms in total. The van der Waals surface area contributed by atoms with Crippen LogP contribution in [0, 0.1) is 11.6 Å². The summed E-state index contributed by atoms with van der Waals surface area (Å²) in [6.45, 7) is 0.762. The summed E-state index contributed by atoms with van der Waals surface area (Å²) in [6.07, 6.45) is 5.25. The second-order valence-corrected chi connectivity index (χ2v) is 7.92. The van der Waals surface area contributed by atoms with Gasteiger partial charge in [0, 0.05) is 44.6 Å². The number of nitrogens with two attached hydrogens (primary N) is 1. The number of benzene rings is 1. The van der Waals surface area contributed by atoms with E-state index in [1.54, 1.807) is 37.6 Å². The monoisotopic (exact) mass is 477 g/mol. The number of hydrogen-bond acceptors (Lipinski definition) is 6. The van der Waals surface area contributed by atoms with Crippen LogP contribution in [0.4, 0.5) is 14.6 Å². The van der Waals surface area contributed by atoms with Crippen LogP contribution in [0.1, 0.15) is 27.2 Å². The van der Waals surface area contributed by atoms with E-state index in [1.165, 1.54) is 23.0 Å². The Morgan fingerprint density at radius 1 is 1.17 bits per heavy atom. The summed E-state index contributed by atoms with van der Waals surface area (Å²) in [4.78, 5) is 21.7. The van der Waals surface area contributed by atoms with E-state index in [4.69, 9.17) is 5.73 Å². The molecule has 0 aliphatic carbocycles. The average Bonchev–Trinajstić information content (AvgIpc) is 3.29. The highest BCUT2D eigenvalue weighted by atomic mass is 19.1. The Morgan fingerprint density at radius 2 is 2.03 bits per heavy atom. The number of aryl methyl sites for hydroxylation is 1. The summed E-state index contributed by atoms with van der Waals surface area (Å²) in [7, 11) is 1.72. The molecular weight excluding hydrogens is 452 g/mol. The van der Waals surface area contributed by atoms with E-state index in [9.17, 15) is 9.18 Å². The Labute approximate surface area is 201 Å². The molecule has 4 rings (SSSR count). The van der Waals surface area contributed by atoms with Crippen LogP contribution < -0.4 is 16.4 Å². The molecule has 0 unspecified atom stereocenters. The molecule has 10 heteroatoms. The van der Waals surface area contributed by atoms with Gasteiger partial charge in [0.2, 0.25) is 0 Å². The van der Waals surface area contributed by atoms with Crippen molar-refractivity contribution in [1.29, 1.82) is 0 Å². The molecule has 1 amide bonds. The number of aromatic nitrogens is 4. The average molecular weight is 478 g/mol. The highest BCUT2D eigenvalue weighted by Gasteiger charge is 2.19. The van der Waals surface area contributed by atoms with Crippen molar-refractivity contribution in [2.75, 3.05) is 11.9 Å². The van der Waals surface area contributed by atoms with Crippen LogP contribution in [-0.2, 0) is 26.6 Å². The molecule has 0 saturated heterocycles. The third kappa shape index (κ3) is 5.85. The van der Waals surface area contributed by atoms with Gasteiger partial charge in [0.25, 0.3) is 5.91 Å². The molecule has 35 heavy (non-hydrogen) atoms. The van der Waals surface area contributed by atoms with Gasteiger partial charge in [-0.2, -0.15) is 5.10 Å². The van der Waals surface area contributed by atoms with Gasteiger partial charge in [-0.05, 0) is 41.8 Å². The van der Waals surface area contributed by atoms with Gasteiger partial charge in [-0.25, -0.2) is 13.8 Å². The van der Waals surface area contributed by atoms with Gasteiger partial charge in [-0.3, -0.25) is 14.5 Å². The molecule has 180 valence electrons. The fraction of sp³-hybridized carbons (Fsp3) is 0.200. The molecule has 0 bridgehead atoms. The SMILES string of the molecule is Cn1cc(-c2nc(NCCc3cccc(F)c3)c(C(=O)NCc3cccnc3CN)cc2F)cn1. The maximum Gasteiger partial charge on any atom is 0.255 e. The quantitative estimate of drug-likeness (QED) is 0.342. The first-order chi connectivity index (χ1) is 16.9. The number of hydrogen-bond donors (Lipinski definition) is 3. The summed E-state index contributed by atoms with van der Waals surface area (Å²) in [5, 5.41) is 9.97. The molecule has 3 aromatic heterocycles. The van der Waals surface area contributed by atoms with Crippen molar-refractivity contribution in [2.45, 2.75) is 19.5 Å². The predicted molar refractivity (Wildman–Crippen MR) is 128 cm³/mol. The lowest BCUT2D eigenvalue weighted by Crippen LogP contribution is -2.26. The van der Waals surface area contributed by atoms with Crippen molar-refractivity contribution in [3.05, 3.63) is 95.1 Å². The van der Waals surface area contributed by atoms with Crippen LogP contribution in [0.2, 0.25) is 0 Å². The number of amides is 1. The zero-order valence-electron chi connectivity index (χ0n) is 19.1. The van der Waals surface area contributed by atoms with E-state index in [-0.39, 0.29) is 36.0 Å². The topological polar surface area (TPSA) is 111 Å². The first-order valence-electron chi connectivity index (χ1n) is 11.0. The summed E-state index contributed by atoms with van der Waals surface area (Å²) in [5.74, 6) is -1.27. The summed E-state index contributed by atoms with van der Waals surface area (Å²) < 4.78 is 30.1. The van der Waals surface area contributed by atoms with Gasteiger partial charge in [0.05, 0.1) is 17.5 Å². The minimum atomic E-state index is -0.650. The maximum atomic E-state index is 15.0. The Morgan fingerprint density at radius 3 is 2.77 bits per heavy atom. The fourth-order valence-electron chi connectivity index (χ4n) is 3.65. The maximum absolute atomic E-state index is 15.0. The second kappa shape index (κ2) is 10.8. The van der Waals surface area contributed by atoms with E-state index in [1.807, 2.05) is 6.07 Å². The van der Waals surface area contributed by atoms with Gasteiger partial charge < -0.3 is 16.4 Å². The molecule has 0 spiro atoms. The van der Waals surface area contributed by atoms with E-state index >= 15 is 4.39 Å². The molecule has 0 saturated carbocycles. The molecule has 0 fully saturated rings. The van der Waals surface area contributed by atoms with Gasteiger partial charge in [-0.1, -0.05) is 18.2 Å². The number of anilines is 1. The summed E-state index contributed by atoms with van der Waals surface area (Å²) in [6, 6.07) is 11.0. The predicted octanol–water partition coefficient (Wildman–Crippen LogP) is 3.20. The Kier molecular flexibility index (Phi) is 7.41. The largest absolute Gasteiger partial charge is 0.369 e. The van der Waals surface area contributed by atoms with Crippen LogP contribution in [0.15, 0.2) is 61.1 Å². The molecule has 0 atom stereocenters.